The standard InChI is InChI=1S/C22H14BrF2NO3S2/c23-14-6-4-13(5-7-14)10-21-22(27)26-19-11-15(8-9-20(19)30-21)31(28,29)12-16-17(24)2-1-3-18(16)25/h1-11H,12H2,(H,26,27)/b21-10+. The van der Waals surface area contributed by atoms with Gasteiger partial charge in [0.25, 0.3) is 5.91 Å². The van der Waals surface area contributed by atoms with E-state index in [1.165, 1.54) is 30.0 Å². The molecular formula is C22H14BrF2NO3S2. The molecule has 3 aromatic rings. The van der Waals surface area contributed by atoms with E-state index >= 15 is 0 Å². The molecule has 3 aromatic carbocycles. The Kier molecular flexibility index (Phi) is 6.00. The minimum absolute atomic E-state index is 0.129. The summed E-state index contributed by atoms with van der Waals surface area (Å²) in [6, 6.07) is 14.9. The monoisotopic (exact) mass is 521 g/mol. The lowest BCUT2D eigenvalue weighted by Crippen LogP contribution is -2.18. The predicted molar refractivity (Wildman–Crippen MR) is 120 cm³/mol. The van der Waals surface area contributed by atoms with Crippen molar-refractivity contribution < 1.29 is 22.0 Å². The van der Waals surface area contributed by atoms with Gasteiger partial charge in [-0.05, 0) is 54.1 Å². The van der Waals surface area contributed by atoms with Crippen molar-refractivity contribution in [1.29, 1.82) is 0 Å². The van der Waals surface area contributed by atoms with E-state index in [4.69, 9.17) is 0 Å². The summed E-state index contributed by atoms with van der Waals surface area (Å²) in [4.78, 5) is 13.5. The Morgan fingerprint density at radius 2 is 1.68 bits per heavy atom. The molecule has 4 nitrogen and oxygen atoms in total. The molecule has 0 spiro atoms. The summed E-state index contributed by atoms with van der Waals surface area (Å²) < 4.78 is 54.2. The van der Waals surface area contributed by atoms with Crippen LogP contribution in [0.2, 0.25) is 0 Å². The number of carbonyl (C=O) groups excluding carboxylic acids is 1. The Hall–Kier alpha value is -2.49. The summed E-state index contributed by atoms with van der Waals surface area (Å²) >= 11 is 4.57. The first-order chi connectivity index (χ1) is 14.7. The SMILES string of the molecule is O=C1Nc2cc(S(=O)(=O)Cc3c(F)cccc3F)ccc2S/C1=C/c1ccc(Br)cc1. The van der Waals surface area contributed by atoms with Crippen LogP contribution in [0.1, 0.15) is 11.1 Å². The Labute approximate surface area is 190 Å². The van der Waals surface area contributed by atoms with Crippen molar-refractivity contribution in [3.8, 4) is 0 Å². The second-order valence-corrected chi connectivity index (χ2v) is 10.7. The zero-order chi connectivity index (χ0) is 22.2. The molecule has 1 aliphatic heterocycles. The minimum atomic E-state index is -4.04. The van der Waals surface area contributed by atoms with Crippen LogP contribution in [-0.2, 0) is 20.4 Å². The van der Waals surface area contributed by atoms with Gasteiger partial charge in [-0.25, -0.2) is 17.2 Å². The number of benzene rings is 3. The Balaban J connectivity index is 1.62. The summed E-state index contributed by atoms with van der Waals surface area (Å²) in [6.07, 6.45) is 1.74. The number of thioether (sulfide) groups is 1. The number of nitrogens with one attached hydrogen (secondary N) is 1. The molecule has 1 amide bonds. The summed E-state index contributed by atoms with van der Waals surface area (Å²) in [5.41, 5.74) is 0.659. The second kappa shape index (κ2) is 8.57. The maximum atomic E-state index is 13.9. The highest BCUT2D eigenvalue weighted by atomic mass is 79.9. The highest BCUT2D eigenvalue weighted by Gasteiger charge is 2.25. The van der Waals surface area contributed by atoms with E-state index < -0.39 is 32.8 Å². The molecule has 1 aliphatic rings. The Bertz CT molecular complexity index is 1300. The number of carbonyl (C=O) groups is 1. The van der Waals surface area contributed by atoms with Gasteiger partial charge in [0, 0.05) is 14.9 Å². The van der Waals surface area contributed by atoms with Crippen molar-refractivity contribution in [2.45, 2.75) is 15.5 Å². The third kappa shape index (κ3) is 4.73. The van der Waals surface area contributed by atoms with Crippen molar-refractivity contribution in [3.05, 3.63) is 92.8 Å². The summed E-state index contributed by atoms with van der Waals surface area (Å²) in [5, 5.41) is 2.69. The number of amides is 1. The highest BCUT2D eigenvalue weighted by molar-refractivity contribution is 9.10. The van der Waals surface area contributed by atoms with Gasteiger partial charge in [0.2, 0.25) is 0 Å². The van der Waals surface area contributed by atoms with Gasteiger partial charge in [0.1, 0.15) is 11.6 Å². The molecule has 9 heteroatoms. The molecule has 4 rings (SSSR count). The zero-order valence-electron chi connectivity index (χ0n) is 15.7. The molecule has 0 aromatic heterocycles. The third-order valence-electron chi connectivity index (χ3n) is 4.57. The lowest BCUT2D eigenvalue weighted by molar-refractivity contribution is -0.112. The third-order valence-corrected chi connectivity index (χ3v) is 7.83. The molecule has 31 heavy (non-hydrogen) atoms. The van der Waals surface area contributed by atoms with Gasteiger partial charge in [0.05, 0.1) is 21.2 Å². The van der Waals surface area contributed by atoms with E-state index in [-0.39, 0.29) is 10.8 Å². The number of rotatable bonds is 4. The van der Waals surface area contributed by atoms with Crippen molar-refractivity contribution >= 4 is 55.2 Å². The molecule has 0 bridgehead atoms. The van der Waals surface area contributed by atoms with Crippen molar-refractivity contribution in [1.82, 2.24) is 0 Å². The van der Waals surface area contributed by atoms with Crippen LogP contribution in [0.4, 0.5) is 14.5 Å². The maximum absolute atomic E-state index is 13.9. The molecule has 0 fully saturated rings. The van der Waals surface area contributed by atoms with Gasteiger partial charge in [-0.1, -0.05) is 45.9 Å². The van der Waals surface area contributed by atoms with Gasteiger partial charge in [0.15, 0.2) is 9.84 Å². The van der Waals surface area contributed by atoms with Crippen molar-refractivity contribution in [3.63, 3.8) is 0 Å². The quantitative estimate of drug-likeness (QED) is 0.441. The fourth-order valence-corrected chi connectivity index (χ4v) is 5.58. The molecule has 158 valence electrons. The van der Waals surface area contributed by atoms with Crippen LogP contribution in [0.25, 0.3) is 6.08 Å². The lowest BCUT2D eigenvalue weighted by Gasteiger charge is -2.19. The Morgan fingerprint density at radius 1 is 1.00 bits per heavy atom. The second-order valence-electron chi connectivity index (χ2n) is 6.73. The first kappa shape index (κ1) is 21.7. The largest absolute Gasteiger partial charge is 0.320 e. The number of halogens is 3. The zero-order valence-corrected chi connectivity index (χ0v) is 19.0. The maximum Gasteiger partial charge on any atom is 0.262 e. The molecular weight excluding hydrogens is 508 g/mol. The minimum Gasteiger partial charge on any atom is -0.320 e. The van der Waals surface area contributed by atoms with Gasteiger partial charge >= 0.3 is 0 Å². The summed E-state index contributed by atoms with van der Waals surface area (Å²) in [5.74, 6) is -3.03. The van der Waals surface area contributed by atoms with E-state index in [0.29, 0.717) is 15.5 Å². The number of hydrogen-bond acceptors (Lipinski definition) is 4. The predicted octanol–water partition coefficient (Wildman–Crippen LogP) is 5.79. The van der Waals surface area contributed by atoms with Crippen LogP contribution >= 0.6 is 27.7 Å². The van der Waals surface area contributed by atoms with Crippen molar-refractivity contribution in [2.24, 2.45) is 0 Å². The molecule has 0 radical (unpaired) electrons. The van der Waals surface area contributed by atoms with Crippen LogP contribution in [0.3, 0.4) is 0 Å². The molecule has 0 saturated carbocycles. The van der Waals surface area contributed by atoms with Crippen LogP contribution < -0.4 is 5.32 Å². The van der Waals surface area contributed by atoms with Gasteiger partial charge < -0.3 is 5.32 Å². The van der Waals surface area contributed by atoms with E-state index in [2.05, 4.69) is 21.2 Å². The first-order valence-corrected chi connectivity index (χ1v) is 12.3. The molecule has 0 aliphatic carbocycles. The molecule has 0 unspecified atom stereocenters. The van der Waals surface area contributed by atoms with E-state index in [1.54, 1.807) is 12.1 Å². The molecule has 1 N–H and O–H groups in total. The average molecular weight is 522 g/mol. The fourth-order valence-electron chi connectivity index (χ4n) is 2.99. The smallest absolute Gasteiger partial charge is 0.262 e. The number of anilines is 1. The van der Waals surface area contributed by atoms with E-state index in [9.17, 15) is 22.0 Å². The summed E-state index contributed by atoms with van der Waals surface area (Å²) in [6.45, 7) is 0. The number of sulfone groups is 1. The van der Waals surface area contributed by atoms with Crippen LogP contribution in [0.15, 0.2) is 79.8 Å². The van der Waals surface area contributed by atoms with Crippen LogP contribution in [0.5, 0.6) is 0 Å². The average Bonchev–Trinajstić information content (AvgIpc) is 2.72. The van der Waals surface area contributed by atoms with Gasteiger partial charge in [-0.15, -0.1) is 0 Å². The normalized spacial score (nSPS) is 14.9. The van der Waals surface area contributed by atoms with Crippen molar-refractivity contribution in [2.75, 3.05) is 5.32 Å². The van der Waals surface area contributed by atoms with Crippen LogP contribution in [0, 0.1) is 11.6 Å². The van der Waals surface area contributed by atoms with E-state index in [0.717, 1.165) is 22.2 Å². The lowest BCUT2D eigenvalue weighted by atomic mass is 10.2. The fraction of sp³-hybridized carbons (Fsp3) is 0.0455. The summed E-state index contributed by atoms with van der Waals surface area (Å²) in [7, 11) is -4.04. The topological polar surface area (TPSA) is 63.2 Å². The highest BCUT2D eigenvalue weighted by Crippen LogP contribution is 2.40. The molecule has 0 atom stereocenters. The molecule has 1 heterocycles. The first-order valence-electron chi connectivity index (χ1n) is 8.99. The Morgan fingerprint density at radius 3 is 2.35 bits per heavy atom. The number of fused-ring (bicyclic) bond motifs is 1. The van der Waals surface area contributed by atoms with E-state index in [1.807, 2.05) is 24.3 Å². The van der Waals surface area contributed by atoms with Gasteiger partial charge in [-0.3, -0.25) is 4.79 Å². The van der Waals surface area contributed by atoms with Crippen LogP contribution in [-0.4, -0.2) is 14.3 Å². The molecule has 0 saturated heterocycles. The van der Waals surface area contributed by atoms with Gasteiger partial charge in [-0.2, -0.15) is 0 Å². The number of hydrogen-bond donors (Lipinski definition) is 1.